The van der Waals surface area contributed by atoms with E-state index in [2.05, 4.69) is 15.3 Å². The Balaban J connectivity index is 1.55. The van der Waals surface area contributed by atoms with Gasteiger partial charge in [-0.05, 0) is 24.6 Å². The molecule has 4 aromatic rings. The summed E-state index contributed by atoms with van der Waals surface area (Å²) < 4.78 is 26.6. The van der Waals surface area contributed by atoms with E-state index in [1.54, 1.807) is 30.3 Å². The van der Waals surface area contributed by atoms with Crippen LogP contribution in [0.3, 0.4) is 0 Å². The molecule has 2 N–H and O–H groups in total. The Labute approximate surface area is 197 Å². The lowest BCUT2D eigenvalue weighted by molar-refractivity contribution is -0.118. The first-order valence-electron chi connectivity index (χ1n) is 10.3. The number of aromatic amines is 1. The molecule has 33 heavy (non-hydrogen) atoms. The number of carbonyl (C=O) groups is 1. The number of imidazole rings is 1. The van der Waals surface area contributed by atoms with Crippen LogP contribution in [0.4, 0.5) is 0 Å². The van der Waals surface area contributed by atoms with E-state index in [4.69, 9.17) is 0 Å². The van der Waals surface area contributed by atoms with Crippen LogP contribution in [0.1, 0.15) is 11.1 Å². The number of nitrogens with zero attached hydrogens (tertiary/aromatic N) is 1. The predicted molar refractivity (Wildman–Crippen MR) is 130 cm³/mol. The average Bonchev–Trinajstić information content (AvgIpc) is 3.29. The van der Waals surface area contributed by atoms with Crippen LogP contribution < -0.4 is 5.32 Å². The first-order valence-corrected chi connectivity index (χ1v) is 12.8. The number of sulfone groups is 1. The number of hydrogen-bond donors (Lipinski definition) is 2. The monoisotopic (exact) mass is 477 g/mol. The summed E-state index contributed by atoms with van der Waals surface area (Å²) in [7, 11) is -3.83. The zero-order valence-corrected chi connectivity index (χ0v) is 19.6. The van der Waals surface area contributed by atoms with Gasteiger partial charge in [-0.25, -0.2) is 13.4 Å². The molecule has 0 aliphatic carbocycles. The van der Waals surface area contributed by atoms with Gasteiger partial charge in [0.2, 0.25) is 15.7 Å². The summed E-state index contributed by atoms with van der Waals surface area (Å²) in [6.07, 6.45) is 0. The second kappa shape index (κ2) is 10.1. The van der Waals surface area contributed by atoms with E-state index in [0.29, 0.717) is 12.4 Å². The molecule has 8 heteroatoms. The Morgan fingerprint density at radius 2 is 1.58 bits per heavy atom. The van der Waals surface area contributed by atoms with Gasteiger partial charge < -0.3 is 10.3 Å². The van der Waals surface area contributed by atoms with E-state index in [0.717, 1.165) is 28.5 Å². The van der Waals surface area contributed by atoms with E-state index in [1.807, 2.05) is 61.5 Å². The quantitative estimate of drug-likeness (QED) is 0.361. The highest BCUT2D eigenvalue weighted by Crippen LogP contribution is 2.31. The Morgan fingerprint density at radius 3 is 2.24 bits per heavy atom. The van der Waals surface area contributed by atoms with Crippen molar-refractivity contribution in [2.24, 2.45) is 0 Å². The highest BCUT2D eigenvalue weighted by Gasteiger charge is 2.26. The fourth-order valence-corrected chi connectivity index (χ4v) is 5.63. The molecule has 0 aliphatic rings. The molecular weight excluding hydrogens is 454 g/mol. The molecule has 0 spiro atoms. The van der Waals surface area contributed by atoms with Crippen molar-refractivity contribution < 1.29 is 13.2 Å². The number of thioether (sulfide) groups is 1. The number of amides is 1. The van der Waals surface area contributed by atoms with E-state index >= 15 is 0 Å². The topological polar surface area (TPSA) is 91.9 Å². The minimum Gasteiger partial charge on any atom is -0.351 e. The number of nitrogens with one attached hydrogen (secondary N) is 2. The van der Waals surface area contributed by atoms with Crippen molar-refractivity contribution >= 4 is 27.5 Å². The third-order valence-electron chi connectivity index (χ3n) is 4.96. The fraction of sp³-hybridized carbons (Fsp3) is 0.120. The van der Waals surface area contributed by atoms with Crippen LogP contribution in [-0.2, 0) is 21.2 Å². The van der Waals surface area contributed by atoms with Crippen LogP contribution in [0.2, 0.25) is 0 Å². The molecule has 0 fully saturated rings. The summed E-state index contributed by atoms with van der Waals surface area (Å²) in [5.41, 5.74) is 2.91. The minimum atomic E-state index is -3.83. The van der Waals surface area contributed by atoms with Gasteiger partial charge in [-0.2, -0.15) is 0 Å². The molecule has 3 aromatic carbocycles. The van der Waals surface area contributed by atoms with Crippen molar-refractivity contribution in [3.05, 3.63) is 96.1 Å². The molecule has 0 saturated carbocycles. The molecule has 0 atom stereocenters. The zero-order valence-electron chi connectivity index (χ0n) is 18.0. The Hall–Kier alpha value is -3.36. The van der Waals surface area contributed by atoms with Crippen molar-refractivity contribution in [3.63, 3.8) is 0 Å². The van der Waals surface area contributed by atoms with Crippen molar-refractivity contribution in [1.29, 1.82) is 0 Å². The van der Waals surface area contributed by atoms with Crippen LogP contribution >= 0.6 is 11.8 Å². The van der Waals surface area contributed by atoms with Crippen molar-refractivity contribution in [2.45, 2.75) is 28.4 Å². The van der Waals surface area contributed by atoms with Crippen molar-refractivity contribution in [1.82, 2.24) is 15.3 Å². The molecular formula is C25H23N3O3S2. The van der Waals surface area contributed by atoms with Crippen molar-refractivity contribution in [2.75, 3.05) is 5.75 Å². The maximum atomic E-state index is 13.3. The Kier molecular flexibility index (Phi) is 6.96. The molecule has 168 valence electrons. The highest BCUT2D eigenvalue weighted by molar-refractivity contribution is 8.00. The predicted octanol–water partition coefficient (Wildman–Crippen LogP) is 4.63. The first kappa shape index (κ1) is 22.8. The Bertz CT molecular complexity index is 1330. The summed E-state index contributed by atoms with van der Waals surface area (Å²) in [5.74, 6) is 0.281. The summed E-state index contributed by atoms with van der Waals surface area (Å²) in [6.45, 7) is 2.42. The number of H-pyrrole nitrogens is 1. The van der Waals surface area contributed by atoms with Gasteiger partial charge in [0, 0.05) is 12.1 Å². The minimum absolute atomic E-state index is 0.0103. The second-order valence-electron chi connectivity index (χ2n) is 7.45. The summed E-state index contributed by atoms with van der Waals surface area (Å²) >= 11 is 1.10. The average molecular weight is 478 g/mol. The van der Waals surface area contributed by atoms with Crippen LogP contribution in [0, 0.1) is 6.92 Å². The van der Waals surface area contributed by atoms with E-state index < -0.39 is 9.84 Å². The van der Waals surface area contributed by atoms with E-state index in [-0.39, 0.29) is 26.6 Å². The lowest BCUT2D eigenvalue weighted by atomic mass is 10.1. The molecule has 1 aromatic heterocycles. The molecule has 0 aliphatic heterocycles. The van der Waals surface area contributed by atoms with Gasteiger partial charge in [-0.1, -0.05) is 90.1 Å². The smallest absolute Gasteiger partial charge is 0.230 e. The first-order chi connectivity index (χ1) is 15.9. The number of hydrogen-bond acceptors (Lipinski definition) is 5. The van der Waals surface area contributed by atoms with E-state index in [1.165, 1.54) is 0 Å². The number of carbonyl (C=O) groups excluding carboxylic acids is 1. The molecule has 0 saturated heterocycles. The van der Waals surface area contributed by atoms with Crippen LogP contribution in [0.25, 0.3) is 11.4 Å². The molecule has 6 nitrogen and oxygen atoms in total. The van der Waals surface area contributed by atoms with E-state index in [9.17, 15) is 13.2 Å². The van der Waals surface area contributed by atoms with Gasteiger partial charge in [0.25, 0.3) is 0 Å². The van der Waals surface area contributed by atoms with Gasteiger partial charge in [-0.3, -0.25) is 4.79 Å². The molecule has 4 rings (SSSR count). The van der Waals surface area contributed by atoms with Crippen LogP contribution in [0.15, 0.2) is 99.9 Å². The third kappa shape index (κ3) is 5.53. The summed E-state index contributed by atoms with van der Waals surface area (Å²) in [6, 6.07) is 25.4. The molecule has 1 heterocycles. The van der Waals surface area contributed by atoms with Gasteiger partial charge in [0.15, 0.2) is 5.03 Å². The van der Waals surface area contributed by atoms with Gasteiger partial charge in [0.05, 0.1) is 10.6 Å². The van der Waals surface area contributed by atoms with Gasteiger partial charge in [0.1, 0.15) is 10.9 Å². The van der Waals surface area contributed by atoms with Crippen LogP contribution in [-0.4, -0.2) is 30.0 Å². The number of aromatic nitrogens is 2. The molecule has 1 amide bonds. The molecule has 0 bridgehead atoms. The summed E-state index contributed by atoms with van der Waals surface area (Å²) in [5, 5.41) is 3.13. The standard InChI is InChI=1S/C25H23N3O3S2/c1-18-12-14-19(15-13-18)16-26-22(29)17-32-24-25(33(30,31)21-10-6-3-7-11-21)28-23(27-24)20-8-4-2-5-9-20/h2-15H,16-17H2,1H3,(H,26,29)(H,27,28). The van der Waals surface area contributed by atoms with Gasteiger partial charge >= 0.3 is 0 Å². The highest BCUT2D eigenvalue weighted by atomic mass is 32.2. The van der Waals surface area contributed by atoms with Crippen LogP contribution in [0.5, 0.6) is 0 Å². The van der Waals surface area contributed by atoms with Gasteiger partial charge in [-0.15, -0.1) is 0 Å². The normalized spacial score (nSPS) is 11.3. The Morgan fingerprint density at radius 1 is 0.939 bits per heavy atom. The largest absolute Gasteiger partial charge is 0.351 e. The maximum absolute atomic E-state index is 13.3. The molecule has 0 radical (unpaired) electrons. The second-order valence-corrected chi connectivity index (χ2v) is 10.3. The SMILES string of the molecule is Cc1ccc(CNC(=O)CSc2nc(-c3ccccc3)[nH]c2S(=O)(=O)c2ccccc2)cc1. The van der Waals surface area contributed by atoms with Crippen molar-refractivity contribution in [3.8, 4) is 11.4 Å². The molecule has 0 unspecified atom stereocenters. The summed E-state index contributed by atoms with van der Waals surface area (Å²) in [4.78, 5) is 20.1. The zero-order chi connectivity index (χ0) is 23.3. The fourth-order valence-electron chi connectivity index (χ4n) is 3.16. The number of aryl methyl sites for hydroxylation is 1. The lowest BCUT2D eigenvalue weighted by Gasteiger charge is -2.06. The maximum Gasteiger partial charge on any atom is 0.230 e. The number of benzene rings is 3. The third-order valence-corrected chi connectivity index (χ3v) is 7.79. The lowest BCUT2D eigenvalue weighted by Crippen LogP contribution is -2.24. The number of rotatable bonds is 8.